The van der Waals surface area contributed by atoms with E-state index < -0.39 is 0 Å². The summed E-state index contributed by atoms with van der Waals surface area (Å²) in [6.45, 7) is 8.27. The number of nitrogens with one attached hydrogen (secondary N) is 1. The van der Waals surface area contributed by atoms with Crippen molar-refractivity contribution in [2.24, 2.45) is 17.8 Å². The Morgan fingerprint density at radius 3 is 2.22 bits per heavy atom. The fraction of sp³-hybridized carbons (Fsp3) is 0.692. The molecule has 4 aliphatic carbocycles. The molecule has 7 rings (SSSR count). The van der Waals surface area contributed by atoms with E-state index in [9.17, 15) is 4.79 Å². The number of rotatable bonds is 5. The van der Waals surface area contributed by atoms with Gasteiger partial charge >= 0.3 is 0 Å². The third-order valence-electron chi connectivity index (χ3n) is 8.92. The van der Waals surface area contributed by atoms with E-state index >= 15 is 0 Å². The van der Waals surface area contributed by atoms with Crippen molar-refractivity contribution in [1.29, 1.82) is 0 Å². The zero-order valence-corrected chi connectivity index (χ0v) is 20.2. The summed E-state index contributed by atoms with van der Waals surface area (Å²) in [6, 6.07) is 8.69. The minimum Gasteiger partial charge on any atom is -0.349 e. The average Bonchev–Trinajstić information content (AvgIpc) is 3.21. The molecule has 1 saturated heterocycles. The smallest absolute Gasteiger partial charge is 0.237 e. The van der Waals surface area contributed by atoms with Gasteiger partial charge in [0.1, 0.15) is 5.01 Å². The van der Waals surface area contributed by atoms with Crippen molar-refractivity contribution in [3.8, 4) is 0 Å². The molecule has 1 amide bonds. The fourth-order valence-electron chi connectivity index (χ4n) is 7.53. The lowest BCUT2D eigenvalue weighted by Crippen LogP contribution is -2.63. The number of carbonyl (C=O) groups excluding carboxylic acids is 1. The first-order valence-electron chi connectivity index (χ1n) is 12.6. The van der Waals surface area contributed by atoms with Crippen molar-refractivity contribution in [3.05, 3.63) is 29.3 Å². The summed E-state index contributed by atoms with van der Waals surface area (Å²) in [5.41, 5.74) is 1.22. The highest BCUT2D eigenvalue weighted by molar-refractivity contribution is 7.18. The standard InChI is InChI=1S/C26H36N4OS/c1-17(24(31)28-26-14-19-11-20(15-26)13-21(12-19)16-26)29-7-9-30(10-8-29)18(2)25-27-22-5-3-4-6-23(22)32-25/h3-6,17-21H,7-16H2,1-2H3,(H,28,31)/t17-,18+,19?,20?,21?,26?/m0/s1. The quantitative estimate of drug-likeness (QED) is 0.728. The maximum atomic E-state index is 13.3. The molecule has 2 heterocycles. The summed E-state index contributed by atoms with van der Waals surface area (Å²) < 4.78 is 1.27. The summed E-state index contributed by atoms with van der Waals surface area (Å²) in [5.74, 6) is 2.86. The first kappa shape index (κ1) is 21.1. The molecule has 5 nitrogen and oxygen atoms in total. The molecule has 4 saturated carbocycles. The number of thiazole rings is 1. The molecule has 32 heavy (non-hydrogen) atoms. The maximum Gasteiger partial charge on any atom is 0.237 e. The van der Waals surface area contributed by atoms with Crippen LogP contribution in [0.25, 0.3) is 10.2 Å². The van der Waals surface area contributed by atoms with Gasteiger partial charge in [-0.2, -0.15) is 0 Å². The lowest BCUT2D eigenvalue weighted by Gasteiger charge is -2.57. The molecule has 1 aliphatic heterocycles. The van der Waals surface area contributed by atoms with E-state index in [-0.39, 0.29) is 17.5 Å². The molecule has 0 spiro atoms. The number of hydrogen-bond acceptors (Lipinski definition) is 5. The predicted molar refractivity (Wildman–Crippen MR) is 130 cm³/mol. The van der Waals surface area contributed by atoms with Gasteiger partial charge < -0.3 is 5.32 Å². The minimum absolute atomic E-state index is 0.0390. The number of benzene rings is 1. The normalized spacial score (nSPS) is 34.6. The second kappa shape index (κ2) is 8.07. The molecular weight excluding hydrogens is 416 g/mol. The number of fused-ring (bicyclic) bond motifs is 1. The summed E-state index contributed by atoms with van der Waals surface area (Å²) in [4.78, 5) is 23.1. The van der Waals surface area contributed by atoms with Gasteiger partial charge in [-0.25, -0.2) is 4.98 Å². The van der Waals surface area contributed by atoms with E-state index in [1.165, 1.54) is 48.2 Å². The molecule has 2 atom stereocenters. The van der Waals surface area contributed by atoms with E-state index in [2.05, 4.69) is 53.2 Å². The Labute approximate surface area is 195 Å². The lowest BCUT2D eigenvalue weighted by molar-refractivity contribution is -0.132. The molecule has 172 valence electrons. The van der Waals surface area contributed by atoms with E-state index in [1.807, 2.05) is 11.3 Å². The van der Waals surface area contributed by atoms with Crippen LogP contribution in [0, 0.1) is 17.8 Å². The summed E-state index contributed by atoms with van der Waals surface area (Å²) in [7, 11) is 0. The molecule has 5 aliphatic rings. The van der Waals surface area contributed by atoms with E-state index in [0.29, 0.717) is 6.04 Å². The van der Waals surface area contributed by atoms with Crippen LogP contribution in [0.2, 0.25) is 0 Å². The van der Waals surface area contributed by atoms with Gasteiger partial charge in [0, 0.05) is 31.7 Å². The van der Waals surface area contributed by atoms with Crippen molar-refractivity contribution in [3.63, 3.8) is 0 Å². The second-order valence-corrected chi connectivity index (χ2v) is 12.2. The molecular formula is C26H36N4OS. The second-order valence-electron chi connectivity index (χ2n) is 11.1. The van der Waals surface area contributed by atoms with Crippen molar-refractivity contribution >= 4 is 27.5 Å². The molecule has 1 aromatic carbocycles. The predicted octanol–water partition coefficient (Wildman–Crippen LogP) is 4.45. The van der Waals surface area contributed by atoms with Crippen LogP contribution < -0.4 is 5.32 Å². The molecule has 0 radical (unpaired) electrons. The SMILES string of the molecule is C[C@H](c1nc2ccccc2s1)N1CCN([C@@H](C)C(=O)NC23CC4CC(CC(C4)C2)C3)CC1. The molecule has 0 unspecified atom stereocenters. The Balaban J connectivity index is 1.05. The Kier molecular flexibility index (Phi) is 5.31. The van der Waals surface area contributed by atoms with Crippen molar-refractivity contribution < 1.29 is 4.79 Å². The number of nitrogens with zero attached hydrogens (tertiary/aromatic N) is 3. The molecule has 1 aromatic heterocycles. The Hall–Kier alpha value is -1.50. The summed E-state index contributed by atoms with van der Waals surface area (Å²) >= 11 is 1.81. The van der Waals surface area contributed by atoms with Gasteiger partial charge in [-0.1, -0.05) is 12.1 Å². The third-order valence-corrected chi connectivity index (χ3v) is 10.1. The van der Waals surface area contributed by atoms with Crippen LogP contribution in [0.4, 0.5) is 0 Å². The summed E-state index contributed by atoms with van der Waals surface area (Å²) in [6.07, 6.45) is 7.93. The molecule has 6 heteroatoms. The van der Waals surface area contributed by atoms with Crippen LogP contribution in [0.3, 0.4) is 0 Å². The van der Waals surface area contributed by atoms with Crippen LogP contribution in [0.1, 0.15) is 63.4 Å². The minimum atomic E-state index is -0.0390. The first-order valence-corrected chi connectivity index (χ1v) is 13.5. The van der Waals surface area contributed by atoms with Crippen LogP contribution in [0.5, 0.6) is 0 Å². The highest BCUT2D eigenvalue weighted by atomic mass is 32.1. The lowest BCUT2D eigenvalue weighted by atomic mass is 9.53. The van der Waals surface area contributed by atoms with Gasteiger partial charge in [-0.15, -0.1) is 11.3 Å². The number of para-hydroxylation sites is 1. The van der Waals surface area contributed by atoms with Gasteiger partial charge in [0.05, 0.1) is 22.3 Å². The zero-order chi connectivity index (χ0) is 21.9. The summed E-state index contributed by atoms with van der Waals surface area (Å²) in [5, 5.41) is 4.79. The van der Waals surface area contributed by atoms with Crippen LogP contribution >= 0.6 is 11.3 Å². The zero-order valence-electron chi connectivity index (χ0n) is 19.4. The molecule has 2 aromatic rings. The van der Waals surface area contributed by atoms with E-state index in [0.717, 1.165) is 49.4 Å². The Morgan fingerprint density at radius 1 is 1.00 bits per heavy atom. The Morgan fingerprint density at radius 2 is 1.59 bits per heavy atom. The van der Waals surface area contributed by atoms with Crippen molar-refractivity contribution in [2.75, 3.05) is 26.2 Å². The van der Waals surface area contributed by atoms with Gasteiger partial charge in [0.2, 0.25) is 5.91 Å². The van der Waals surface area contributed by atoms with Gasteiger partial charge in [0.25, 0.3) is 0 Å². The van der Waals surface area contributed by atoms with Crippen LogP contribution in [-0.2, 0) is 4.79 Å². The largest absolute Gasteiger partial charge is 0.349 e. The highest BCUT2D eigenvalue weighted by Gasteiger charge is 2.51. The maximum absolute atomic E-state index is 13.3. The van der Waals surface area contributed by atoms with E-state index in [4.69, 9.17) is 4.98 Å². The van der Waals surface area contributed by atoms with Gasteiger partial charge in [-0.05, 0) is 82.3 Å². The topological polar surface area (TPSA) is 48.5 Å². The number of carbonyl (C=O) groups is 1. The third kappa shape index (κ3) is 3.78. The van der Waals surface area contributed by atoms with Crippen molar-refractivity contribution in [1.82, 2.24) is 20.1 Å². The Bertz CT molecular complexity index is 926. The number of hydrogen-bond donors (Lipinski definition) is 1. The van der Waals surface area contributed by atoms with Crippen LogP contribution in [-0.4, -0.2) is 58.5 Å². The molecule has 5 fully saturated rings. The van der Waals surface area contributed by atoms with Gasteiger partial charge in [-0.3, -0.25) is 14.6 Å². The highest BCUT2D eigenvalue weighted by Crippen LogP contribution is 2.55. The molecule has 1 N–H and O–H groups in total. The van der Waals surface area contributed by atoms with Crippen LogP contribution in [0.15, 0.2) is 24.3 Å². The number of piperazine rings is 1. The van der Waals surface area contributed by atoms with Crippen molar-refractivity contribution in [2.45, 2.75) is 70.0 Å². The van der Waals surface area contributed by atoms with Gasteiger partial charge in [0.15, 0.2) is 0 Å². The van der Waals surface area contributed by atoms with E-state index in [1.54, 1.807) is 0 Å². The average molecular weight is 453 g/mol. The first-order chi connectivity index (χ1) is 15.5. The number of aromatic nitrogens is 1. The fourth-order valence-corrected chi connectivity index (χ4v) is 8.59. The monoisotopic (exact) mass is 452 g/mol. The molecule has 4 bridgehead atoms. The number of amides is 1.